The van der Waals surface area contributed by atoms with Gasteiger partial charge < -0.3 is 0 Å². The van der Waals surface area contributed by atoms with Crippen molar-refractivity contribution in [1.82, 2.24) is 10.5 Å². The van der Waals surface area contributed by atoms with E-state index >= 15 is 0 Å². The van der Waals surface area contributed by atoms with Gasteiger partial charge in [-0.15, -0.1) is 13.2 Å². The zero-order chi connectivity index (χ0) is 8.53. The van der Waals surface area contributed by atoms with Crippen LogP contribution in [0.3, 0.4) is 0 Å². The molecule has 4 nitrogen and oxygen atoms in total. The Kier molecular flexibility index (Phi) is 6.27. The number of hydroxylamine groups is 3. The molecule has 4 heteroatoms. The summed E-state index contributed by atoms with van der Waals surface area (Å²) in [5, 5.41) is 8.04. The second kappa shape index (κ2) is 6.98. The van der Waals surface area contributed by atoms with Crippen LogP contribution in [0.4, 0.5) is 0 Å². The largest absolute Gasteiger partial charge is 0.280 e. The van der Waals surface area contributed by atoms with E-state index in [1.54, 1.807) is 17.2 Å². The summed E-state index contributed by atoms with van der Waals surface area (Å²) < 4.78 is 0. The van der Waals surface area contributed by atoms with E-state index in [-0.39, 0.29) is 0 Å². The van der Waals surface area contributed by atoms with Crippen LogP contribution in [0.5, 0.6) is 0 Å². The molecule has 0 fully saturated rings. The number of hydrogen-bond acceptors (Lipinski definition) is 3. The molecule has 0 atom stereocenters. The van der Waals surface area contributed by atoms with Crippen molar-refractivity contribution in [2.75, 3.05) is 13.1 Å². The zero-order valence-corrected chi connectivity index (χ0v) is 6.34. The molecule has 0 unspecified atom stereocenters. The maximum Gasteiger partial charge on any atom is 0.188 e. The number of nitrogens with zero attached hydrogens (tertiary/aromatic N) is 1. The Hall–Kier alpha value is -1.13. The van der Waals surface area contributed by atoms with Crippen LogP contribution in [0.15, 0.2) is 25.3 Å². The molecule has 0 heterocycles. The molecule has 1 radical (unpaired) electrons. The van der Waals surface area contributed by atoms with E-state index in [1.165, 1.54) is 0 Å². The van der Waals surface area contributed by atoms with Crippen LogP contribution < -0.4 is 5.48 Å². The fourth-order valence-corrected chi connectivity index (χ4v) is 0.524. The molecule has 11 heavy (non-hydrogen) atoms. The normalized spacial score (nSPS) is 9.18. The average molecular weight is 154 g/mol. The molecule has 0 aromatic rings. The summed E-state index contributed by atoms with van der Waals surface area (Å²) in [5.74, 6) is 0. The number of nitrogens with one attached hydrogen (secondary N) is 2. The van der Waals surface area contributed by atoms with E-state index in [9.17, 15) is 0 Å². The monoisotopic (exact) mass is 154 g/mol. The topological polar surface area (TPSA) is 48.4 Å². The summed E-state index contributed by atoms with van der Waals surface area (Å²) in [4.78, 5) is 4.81. The van der Waals surface area contributed by atoms with Crippen LogP contribution in [0, 0.1) is 5.41 Å². The van der Waals surface area contributed by atoms with Gasteiger partial charge in [0.25, 0.3) is 0 Å². The minimum Gasteiger partial charge on any atom is -0.280 e. The Labute approximate surface area is 66.6 Å². The molecule has 0 bridgehead atoms. The van der Waals surface area contributed by atoms with Crippen LogP contribution in [-0.4, -0.2) is 24.5 Å². The molecule has 0 amide bonds. The molecule has 2 N–H and O–H groups in total. The highest BCUT2D eigenvalue weighted by molar-refractivity contribution is 5.47. The Bertz CT molecular complexity index is 126. The Balaban J connectivity index is 3.57. The molecule has 0 aliphatic heterocycles. The molecule has 0 spiro atoms. The maximum absolute atomic E-state index is 6.50. The Morgan fingerprint density at radius 1 is 1.45 bits per heavy atom. The number of rotatable bonds is 7. The van der Waals surface area contributed by atoms with Crippen LogP contribution in [-0.2, 0) is 4.94 Å². The highest BCUT2D eigenvalue weighted by Gasteiger charge is 1.97. The van der Waals surface area contributed by atoms with Crippen LogP contribution in [0.1, 0.15) is 0 Å². The number of hydrogen-bond donors (Lipinski definition) is 2. The molecule has 61 valence electrons. The van der Waals surface area contributed by atoms with E-state index < -0.39 is 0 Å². The van der Waals surface area contributed by atoms with Crippen LogP contribution in [0.2, 0.25) is 0 Å². The molecule has 0 aromatic carbocycles. The minimum absolute atomic E-state index is 0.570. The third-order valence-corrected chi connectivity index (χ3v) is 0.891. The van der Waals surface area contributed by atoms with Gasteiger partial charge in [0.15, 0.2) is 6.34 Å². The van der Waals surface area contributed by atoms with Crippen molar-refractivity contribution in [2.45, 2.75) is 0 Å². The third-order valence-electron chi connectivity index (χ3n) is 0.891. The molecular formula is C7H12N3O. The second-order valence-corrected chi connectivity index (χ2v) is 1.74. The molecule has 0 saturated carbocycles. The van der Waals surface area contributed by atoms with Gasteiger partial charge in [-0.2, -0.15) is 10.0 Å². The first-order chi connectivity index (χ1) is 5.35. The lowest BCUT2D eigenvalue weighted by Gasteiger charge is -2.15. The quantitative estimate of drug-likeness (QED) is 0.185. The minimum atomic E-state index is 0.570. The van der Waals surface area contributed by atoms with Gasteiger partial charge in [-0.25, -0.2) is 5.48 Å². The standard InChI is InChI=1S/C7H12N3O/c1-3-5-10(6-4-2)11-9-7-8/h3-4H,1-2,5-6H2,(H2,8,9). The fourth-order valence-electron chi connectivity index (χ4n) is 0.524. The molecule has 0 rings (SSSR count). The van der Waals surface area contributed by atoms with Crippen molar-refractivity contribution in [3.05, 3.63) is 25.3 Å². The first kappa shape index (κ1) is 9.87. The molecule has 0 aliphatic carbocycles. The van der Waals surface area contributed by atoms with Crippen molar-refractivity contribution >= 4 is 6.34 Å². The van der Waals surface area contributed by atoms with Crippen molar-refractivity contribution < 1.29 is 4.94 Å². The highest BCUT2D eigenvalue weighted by atomic mass is 16.8. The van der Waals surface area contributed by atoms with Gasteiger partial charge in [0.1, 0.15) is 0 Å². The summed E-state index contributed by atoms with van der Waals surface area (Å²) in [7, 11) is 0. The first-order valence-corrected chi connectivity index (χ1v) is 3.15. The van der Waals surface area contributed by atoms with E-state index in [4.69, 9.17) is 10.3 Å². The molecule has 0 saturated heterocycles. The molecular weight excluding hydrogens is 142 g/mol. The lowest BCUT2D eigenvalue weighted by atomic mass is 10.5. The van der Waals surface area contributed by atoms with Gasteiger partial charge >= 0.3 is 0 Å². The van der Waals surface area contributed by atoms with Crippen LogP contribution >= 0.6 is 0 Å². The van der Waals surface area contributed by atoms with Gasteiger partial charge in [-0.1, -0.05) is 12.2 Å². The maximum atomic E-state index is 6.50. The third kappa shape index (κ3) is 5.32. The predicted octanol–water partition coefficient (Wildman–Crippen LogP) is 0.581. The summed E-state index contributed by atoms with van der Waals surface area (Å²) in [5.41, 5.74) is 2.16. The van der Waals surface area contributed by atoms with Crippen molar-refractivity contribution in [3.8, 4) is 0 Å². The van der Waals surface area contributed by atoms with Crippen molar-refractivity contribution in [1.29, 1.82) is 5.41 Å². The van der Waals surface area contributed by atoms with Gasteiger partial charge in [0.05, 0.1) is 0 Å². The molecule has 0 aromatic heterocycles. The smallest absolute Gasteiger partial charge is 0.188 e. The Morgan fingerprint density at radius 3 is 2.36 bits per heavy atom. The van der Waals surface area contributed by atoms with E-state index in [2.05, 4.69) is 18.6 Å². The zero-order valence-electron chi connectivity index (χ0n) is 6.34. The predicted molar refractivity (Wildman–Crippen MR) is 43.9 cm³/mol. The van der Waals surface area contributed by atoms with E-state index in [1.807, 2.05) is 6.34 Å². The van der Waals surface area contributed by atoms with Gasteiger partial charge in [-0.05, 0) is 0 Å². The van der Waals surface area contributed by atoms with Gasteiger partial charge in [-0.3, -0.25) is 5.41 Å². The summed E-state index contributed by atoms with van der Waals surface area (Å²) in [6.45, 7) is 8.22. The molecule has 0 aliphatic rings. The summed E-state index contributed by atoms with van der Waals surface area (Å²) in [6.07, 6.45) is 5.26. The summed E-state index contributed by atoms with van der Waals surface area (Å²) in [6, 6.07) is 0. The second-order valence-electron chi connectivity index (χ2n) is 1.74. The van der Waals surface area contributed by atoms with Crippen molar-refractivity contribution in [3.63, 3.8) is 0 Å². The fraction of sp³-hybridized carbons (Fsp3) is 0.286. The van der Waals surface area contributed by atoms with Crippen molar-refractivity contribution in [2.24, 2.45) is 0 Å². The SMILES string of the molecule is C=CCN(CC=C)ON[C]=N. The highest BCUT2D eigenvalue weighted by Crippen LogP contribution is 1.86. The lowest BCUT2D eigenvalue weighted by Crippen LogP contribution is -2.30. The van der Waals surface area contributed by atoms with E-state index in [0.717, 1.165) is 0 Å². The van der Waals surface area contributed by atoms with Gasteiger partial charge in [0.2, 0.25) is 0 Å². The summed E-state index contributed by atoms with van der Waals surface area (Å²) >= 11 is 0. The van der Waals surface area contributed by atoms with Gasteiger partial charge in [0, 0.05) is 13.1 Å². The first-order valence-electron chi connectivity index (χ1n) is 3.15. The van der Waals surface area contributed by atoms with E-state index in [0.29, 0.717) is 13.1 Å². The Morgan fingerprint density at radius 2 is 2.00 bits per heavy atom. The lowest BCUT2D eigenvalue weighted by molar-refractivity contribution is -0.175. The van der Waals surface area contributed by atoms with Crippen LogP contribution in [0.25, 0.3) is 0 Å². The average Bonchev–Trinajstić information content (AvgIpc) is 2.01.